The number of nitro groups is 1. The highest BCUT2D eigenvalue weighted by Gasteiger charge is 2.17. The molecule has 0 radical (unpaired) electrons. The van der Waals surface area contributed by atoms with Crippen molar-refractivity contribution >= 4 is 5.69 Å². The van der Waals surface area contributed by atoms with Crippen LogP contribution in [0.1, 0.15) is 5.56 Å². The van der Waals surface area contributed by atoms with Gasteiger partial charge in [-0.05, 0) is 24.3 Å². The van der Waals surface area contributed by atoms with Crippen molar-refractivity contribution in [2.45, 2.75) is 0 Å². The zero-order chi connectivity index (χ0) is 14.8. The van der Waals surface area contributed by atoms with Crippen LogP contribution in [0.2, 0.25) is 0 Å². The fourth-order valence-corrected chi connectivity index (χ4v) is 1.90. The third kappa shape index (κ3) is 2.42. The summed E-state index contributed by atoms with van der Waals surface area (Å²) in [6.45, 7) is 0.154. The second-order valence-electron chi connectivity index (χ2n) is 4.16. The summed E-state index contributed by atoms with van der Waals surface area (Å²) in [5.41, 5.74) is -0.311. The fourth-order valence-electron chi connectivity index (χ4n) is 1.90. The van der Waals surface area contributed by atoms with Gasteiger partial charge in [0.2, 0.25) is 6.79 Å². The summed E-state index contributed by atoms with van der Waals surface area (Å²) in [5, 5.41) is 19.7. The molecular formula is C14H8N2O5. The van der Waals surface area contributed by atoms with Crippen LogP contribution in [0.3, 0.4) is 0 Å². The SMILES string of the molecule is N#Cc1ccc(Oc2ccc3c(c2)OCO3)cc1[N+](=O)[O-]. The molecule has 0 amide bonds. The van der Waals surface area contributed by atoms with E-state index in [1.807, 2.05) is 0 Å². The molecule has 0 atom stereocenters. The summed E-state index contributed by atoms with van der Waals surface area (Å²) in [6, 6.07) is 10.8. The summed E-state index contributed by atoms with van der Waals surface area (Å²) in [5.74, 6) is 1.89. The Labute approximate surface area is 119 Å². The lowest BCUT2D eigenvalue weighted by Crippen LogP contribution is -1.93. The van der Waals surface area contributed by atoms with Crippen LogP contribution in [0.15, 0.2) is 36.4 Å². The molecule has 0 saturated heterocycles. The molecule has 0 aliphatic carbocycles. The number of rotatable bonds is 3. The Hall–Kier alpha value is -3.27. The Morgan fingerprint density at radius 3 is 2.62 bits per heavy atom. The Kier molecular flexibility index (Phi) is 3.04. The molecule has 0 unspecified atom stereocenters. The average molecular weight is 284 g/mol. The van der Waals surface area contributed by atoms with Crippen LogP contribution in [0.25, 0.3) is 0 Å². The number of nitro benzene ring substituents is 1. The Bertz CT molecular complexity index is 766. The van der Waals surface area contributed by atoms with Gasteiger partial charge in [0.05, 0.1) is 11.0 Å². The predicted octanol–water partition coefficient (Wildman–Crippen LogP) is 2.99. The van der Waals surface area contributed by atoms with Gasteiger partial charge in [-0.15, -0.1) is 0 Å². The van der Waals surface area contributed by atoms with Crippen molar-refractivity contribution in [3.05, 3.63) is 52.1 Å². The second kappa shape index (κ2) is 5.02. The standard InChI is InChI=1S/C14H8N2O5/c15-7-9-1-2-10(5-12(9)16(17)18)21-11-3-4-13-14(6-11)20-8-19-13/h1-6H,8H2. The maximum atomic E-state index is 10.9. The van der Waals surface area contributed by atoms with Crippen LogP contribution < -0.4 is 14.2 Å². The zero-order valence-corrected chi connectivity index (χ0v) is 10.6. The molecule has 0 spiro atoms. The predicted molar refractivity (Wildman–Crippen MR) is 70.5 cm³/mol. The Morgan fingerprint density at radius 1 is 1.14 bits per heavy atom. The minimum atomic E-state index is -0.620. The molecule has 0 saturated carbocycles. The van der Waals surface area contributed by atoms with Crippen LogP contribution in [-0.2, 0) is 0 Å². The van der Waals surface area contributed by atoms with Crippen LogP contribution in [-0.4, -0.2) is 11.7 Å². The summed E-state index contributed by atoms with van der Waals surface area (Å²) in [4.78, 5) is 10.3. The molecule has 2 aromatic rings. The molecule has 7 heteroatoms. The van der Waals surface area contributed by atoms with Gasteiger partial charge in [-0.1, -0.05) is 0 Å². The van der Waals surface area contributed by atoms with Crippen LogP contribution in [0, 0.1) is 21.4 Å². The van der Waals surface area contributed by atoms with E-state index in [0.717, 1.165) is 0 Å². The molecule has 1 aliphatic rings. The lowest BCUT2D eigenvalue weighted by Gasteiger charge is -2.06. The summed E-state index contributed by atoms with van der Waals surface area (Å²) in [6.07, 6.45) is 0. The molecule has 0 fully saturated rings. The Balaban J connectivity index is 1.90. The number of fused-ring (bicyclic) bond motifs is 1. The Morgan fingerprint density at radius 2 is 1.86 bits per heavy atom. The van der Waals surface area contributed by atoms with E-state index in [9.17, 15) is 10.1 Å². The first-order chi connectivity index (χ1) is 10.2. The van der Waals surface area contributed by atoms with Crippen molar-refractivity contribution in [2.24, 2.45) is 0 Å². The van der Waals surface area contributed by atoms with Crippen molar-refractivity contribution in [1.29, 1.82) is 5.26 Å². The molecule has 104 valence electrons. The first-order valence-corrected chi connectivity index (χ1v) is 5.93. The number of ether oxygens (including phenoxy) is 3. The first kappa shape index (κ1) is 12.7. The summed E-state index contributed by atoms with van der Waals surface area (Å²) in [7, 11) is 0. The lowest BCUT2D eigenvalue weighted by atomic mass is 10.2. The summed E-state index contributed by atoms with van der Waals surface area (Å²) < 4.78 is 15.9. The van der Waals surface area contributed by atoms with E-state index in [-0.39, 0.29) is 23.8 Å². The van der Waals surface area contributed by atoms with E-state index in [1.54, 1.807) is 24.3 Å². The number of nitriles is 1. The number of nitrogens with zero attached hydrogens (tertiary/aromatic N) is 2. The van der Waals surface area contributed by atoms with Crippen molar-refractivity contribution in [3.63, 3.8) is 0 Å². The average Bonchev–Trinajstić information content (AvgIpc) is 2.94. The molecule has 0 bridgehead atoms. The fraction of sp³-hybridized carbons (Fsp3) is 0.0714. The highest BCUT2D eigenvalue weighted by Crippen LogP contribution is 2.37. The van der Waals surface area contributed by atoms with Gasteiger partial charge in [-0.25, -0.2) is 0 Å². The molecule has 1 heterocycles. The second-order valence-corrected chi connectivity index (χ2v) is 4.16. The van der Waals surface area contributed by atoms with E-state index in [2.05, 4.69) is 0 Å². The molecule has 21 heavy (non-hydrogen) atoms. The maximum absolute atomic E-state index is 10.9. The monoisotopic (exact) mass is 284 g/mol. The number of hydrogen-bond acceptors (Lipinski definition) is 6. The smallest absolute Gasteiger partial charge is 0.290 e. The topological polar surface area (TPSA) is 94.6 Å². The van der Waals surface area contributed by atoms with Crippen molar-refractivity contribution < 1.29 is 19.1 Å². The minimum absolute atomic E-state index is 0.0157. The van der Waals surface area contributed by atoms with Crippen LogP contribution in [0.5, 0.6) is 23.0 Å². The maximum Gasteiger partial charge on any atom is 0.290 e. The molecule has 3 rings (SSSR count). The molecule has 0 N–H and O–H groups in total. The van der Waals surface area contributed by atoms with Gasteiger partial charge in [0.15, 0.2) is 11.5 Å². The number of hydrogen-bond donors (Lipinski definition) is 0. The molecular weight excluding hydrogens is 276 g/mol. The van der Waals surface area contributed by atoms with Gasteiger partial charge in [-0.2, -0.15) is 5.26 Å². The molecule has 1 aliphatic heterocycles. The van der Waals surface area contributed by atoms with Crippen molar-refractivity contribution in [3.8, 4) is 29.1 Å². The van der Waals surface area contributed by atoms with E-state index < -0.39 is 4.92 Å². The van der Waals surface area contributed by atoms with Crippen molar-refractivity contribution in [2.75, 3.05) is 6.79 Å². The van der Waals surface area contributed by atoms with Gasteiger partial charge in [-0.3, -0.25) is 10.1 Å². The zero-order valence-electron chi connectivity index (χ0n) is 10.6. The summed E-state index contributed by atoms with van der Waals surface area (Å²) >= 11 is 0. The third-order valence-electron chi connectivity index (χ3n) is 2.87. The first-order valence-electron chi connectivity index (χ1n) is 5.93. The molecule has 2 aromatic carbocycles. The third-order valence-corrected chi connectivity index (χ3v) is 2.87. The largest absolute Gasteiger partial charge is 0.457 e. The van der Waals surface area contributed by atoms with E-state index >= 15 is 0 Å². The van der Waals surface area contributed by atoms with E-state index in [4.69, 9.17) is 19.5 Å². The van der Waals surface area contributed by atoms with Gasteiger partial charge in [0, 0.05) is 6.07 Å². The van der Waals surface area contributed by atoms with Gasteiger partial charge in [0.25, 0.3) is 5.69 Å². The van der Waals surface area contributed by atoms with Crippen LogP contribution in [0.4, 0.5) is 5.69 Å². The van der Waals surface area contributed by atoms with E-state index in [1.165, 1.54) is 18.2 Å². The van der Waals surface area contributed by atoms with E-state index in [0.29, 0.717) is 17.2 Å². The van der Waals surface area contributed by atoms with Gasteiger partial charge in [0.1, 0.15) is 23.1 Å². The van der Waals surface area contributed by atoms with Gasteiger partial charge >= 0.3 is 0 Å². The van der Waals surface area contributed by atoms with Crippen molar-refractivity contribution in [1.82, 2.24) is 0 Å². The molecule has 7 nitrogen and oxygen atoms in total. The minimum Gasteiger partial charge on any atom is -0.457 e. The van der Waals surface area contributed by atoms with Crippen LogP contribution >= 0.6 is 0 Å². The highest BCUT2D eigenvalue weighted by atomic mass is 16.7. The lowest BCUT2D eigenvalue weighted by molar-refractivity contribution is -0.385. The number of benzene rings is 2. The normalized spacial score (nSPS) is 11.8. The highest BCUT2D eigenvalue weighted by molar-refractivity contribution is 5.54. The quantitative estimate of drug-likeness (QED) is 0.635. The van der Waals surface area contributed by atoms with Gasteiger partial charge < -0.3 is 14.2 Å². The molecule has 0 aromatic heterocycles.